The Morgan fingerprint density at radius 1 is 1.18 bits per heavy atom. The Hall–Kier alpha value is -2.94. The molecule has 3 N–H and O–H groups in total. The van der Waals surface area contributed by atoms with Crippen LogP contribution < -0.4 is 16.1 Å². The van der Waals surface area contributed by atoms with Crippen molar-refractivity contribution < 1.29 is 19.2 Å². The quantitative estimate of drug-likeness (QED) is 0.397. The molecule has 0 unspecified atom stereocenters. The van der Waals surface area contributed by atoms with Gasteiger partial charge in [0.05, 0.1) is 24.3 Å². The molecule has 1 saturated heterocycles. The Kier molecular flexibility index (Phi) is 9.04. The summed E-state index contributed by atoms with van der Waals surface area (Å²) in [5, 5.41) is 4.71. The average molecular weight is 487 g/mol. The Morgan fingerprint density at radius 3 is 2.47 bits per heavy atom. The number of likely N-dealkylation sites (tertiary alicyclic amines) is 1. The average Bonchev–Trinajstić information content (AvgIpc) is 2.88. The first-order chi connectivity index (χ1) is 16.4. The number of benzene rings is 2. The number of halogens is 1. The van der Waals surface area contributed by atoms with E-state index < -0.39 is 5.41 Å². The molecule has 0 radical (unpaired) electrons. The van der Waals surface area contributed by atoms with E-state index in [-0.39, 0.29) is 25.0 Å². The monoisotopic (exact) mass is 486 g/mol. The van der Waals surface area contributed by atoms with Crippen LogP contribution in [0.1, 0.15) is 30.9 Å². The number of carbonyl (C=O) groups is 3. The minimum Gasteiger partial charge on any atom is -0.351 e. The molecule has 1 fully saturated rings. The summed E-state index contributed by atoms with van der Waals surface area (Å²) in [4.78, 5) is 44.7. The summed E-state index contributed by atoms with van der Waals surface area (Å²) >= 11 is 6.05. The molecule has 8 nitrogen and oxygen atoms in total. The van der Waals surface area contributed by atoms with Gasteiger partial charge in [-0.15, -0.1) is 0 Å². The number of rotatable bonds is 10. The van der Waals surface area contributed by atoms with Crippen LogP contribution in [0.4, 0.5) is 5.69 Å². The maximum Gasteiger partial charge on any atom is 0.238 e. The number of nitrogens with two attached hydrogens (primary N) is 1. The number of carbonyl (C=O) groups excluding carboxylic acids is 3. The summed E-state index contributed by atoms with van der Waals surface area (Å²) in [7, 11) is 0. The van der Waals surface area contributed by atoms with Gasteiger partial charge in [0, 0.05) is 24.7 Å². The summed E-state index contributed by atoms with van der Waals surface area (Å²) in [5.74, 6) is -0.348. The van der Waals surface area contributed by atoms with Crippen LogP contribution in [0, 0.1) is 5.41 Å². The van der Waals surface area contributed by atoms with Gasteiger partial charge >= 0.3 is 0 Å². The summed E-state index contributed by atoms with van der Waals surface area (Å²) in [6.45, 7) is 3.05. The number of hydrogen-bond donors (Lipinski definition) is 2. The fourth-order valence-corrected chi connectivity index (χ4v) is 4.22. The standard InChI is InChI=1S/C25H31ClN4O4/c1-2-19-6-8-22(9-7-19)30(18-31)34-17-25(10-12-29(13-11-25)23(32)15-27)24(33)28-16-20-4-3-5-21(26)14-20/h3-9,14,18H,2,10-13,15-17,27H2,1H3,(H,28,33). The second-order valence-corrected chi connectivity index (χ2v) is 8.84. The fraction of sp³-hybridized carbons (Fsp3) is 0.400. The van der Waals surface area contributed by atoms with Crippen molar-refractivity contribution in [2.45, 2.75) is 32.7 Å². The van der Waals surface area contributed by atoms with Gasteiger partial charge in [-0.3, -0.25) is 19.2 Å². The summed E-state index contributed by atoms with van der Waals surface area (Å²) in [6, 6.07) is 14.7. The van der Waals surface area contributed by atoms with E-state index in [4.69, 9.17) is 22.2 Å². The number of amides is 3. The van der Waals surface area contributed by atoms with E-state index in [9.17, 15) is 14.4 Å². The number of anilines is 1. The topological polar surface area (TPSA) is 105 Å². The van der Waals surface area contributed by atoms with Crippen molar-refractivity contribution in [3.8, 4) is 0 Å². The molecule has 182 valence electrons. The first-order valence-corrected chi connectivity index (χ1v) is 11.8. The van der Waals surface area contributed by atoms with Crippen molar-refractivity contribution >= 4 is 35.5 Å². The molecule has 1 aliphatic rings. The third kappa shape index (κ3) is 6.34. The van der Waals surface area contributed by atoms with Gasteiger partial charge < -0.3 is 16.0 Å². The molecule has 1 heterocycles. The van der Waals surface area contributed by atoms with Crippen LogP contribution in [0.3, 0.4) is 0 Å². The highest BCUT2D eigenvalue weighted by Gasteiger charge is 2.43. The van der Waals surface area contributed by atoms with E-state index in [1.54, 1.807) is 17.0 Å². The van der Waals surface area contributed by atoms with E-state index in [0.717, 1.165) is 22.6 Å². The van der Waals surface area contributed by atoms with Crippen LogP contribution >= 0.6 is 11.6 Å². The third-order valence-corrected chi connectivity index (χ3v) is 6.48. The van der Waals surface area contributed by atoms with Crippen molar-refractivity contribution in [1.29, 1.82) is 0 Å². The van der Waals surface area contributed by atoms with Crippen LogP contribution in [-0.4, -0.2) is 49.4 Å². The molecule has 34 heavy (non-hydrogen) atoms. The normalized spacial score (nSPS) is 15.0. The predicted octanol–water partition coefficient (Wildman–Crippen LogP) is 2.68. The van der Waals surface area contributed by atoms with Crippen LogP contribution in [0.15, 0.2) is 48.5 Å². The first kappa shape index (κ1) is 25.7. The van der Waals surface area contributed by atoms with Crippen molar-refractivity contribution in [2.75, 3.05) is 31.3 Å². The summed E-state index contributed by atoms with van der Waals surface area (Å²) in [5.41, 5.74) is 7.19. The number of nitrogens with zero attached hydrogens (tertiary/aromatic N) is 2. The third-order valence-electron chi connectivity index (χ3n) is 6.25. The Morgan fingerprint density at radius 2 is 1.88 bits per heavy atom. The van der Waals surface area contributed by atoms with E-state index in [0.29, 0.717) is 49.6 Å². The number of piperidine rings is 1. The van der Waals surface area contributed by atoms with E-state index in [1.165, 1.54) is 0 Å². The predicted molar refractivity (Wildman–Crippen MR) is 131 cm³/mol. The van der Waals surface area contributed by atoms with Crippen LogP contribution in [0.25, 0.3) is 0 Å². The highest BCUT2D eigenvalue weighted by atomic mass is 35.5. The van der Waals surface area contributed by atoms with Gasteiger partial charge in [0.15, 0.2) is 0 Å². The molecule has 0 aromatic heterocycles. The Labute approximate surface area is 204 Å². The highest BCUT2D eigenvalue weighted by molar-refractivity contribution is 6.30. The molecule has 3 rings (SSSR count). The molecule has 0 bridgehead atoms. The van der Waals surface area contributed by atoms with Crippen LogP contribution in [-0.2, 0) is 32.2 Å². The SMILES string of the molecule is CCc1ccc(N(C=O)OCC2(C(=O)NCc3cccc(Cl)c3)CCN(C(=O)CN)CC2)cc1. The van der Waals surface area contributed by atoms with Gasteiger partial charge in [0.25, 0.3) is 0 Å². The van der Waals surface area contributed by atoms with Gasteiger partial charge in [-0.1, -0.05) is 42.8 Å². The molecule has 0 spiro atoms. The maximum absolute atomic E-state index is 13.4. The molecular formula is C25H31ClN4O4. The van der Waals surface area contributed by atoms with Gasteiger partial charge in [-0.2, -0.15) is 5.06 Å². The zero-order chi connectivity index (χ0) is 24.6. The highest BCUT2D eigenvalue weighted by Crippen LogP contribution is 2.33. The first-order valence-electron chi connectivity index (χ1n) is 11.4. The van der Waals surface area contributed by atoms with Gasteiger partial charge in [0.1, 0.15) is 0 Å². The second kappa shape index (κ2) is 12.0. The Balaban J connectivity index is 1.73. The van der Waals surface area contributed by atoms with Gasteiger partial charge in [0.2, 0.25) is 18.2 Å². The number of nitrogens with one attached hydrogen (secondary N) is 1. The van der Waals surface area contributed by atoms with Crippen LogP contribution in [0.2, 0.25) is 5.02 Å². The minimum atomic E-state index is -0.908. The van der Waals surface area contributed by atoms with Crippen molar-refractivity contribution in [3.05, 3.63) is 64.7 Å². The van der Waals surface area contributed by atoms with Crippen molar-refractivity contribution in [1.82, 2.24) is 10.2 Å². The van der Waals surface area contributed by atoms with Crippen molar-refractivity contribution in [3.63, 3.8) is 0 Å². The molecule has 2 aromatic carbocycles. The molecule has 2 aromatic rings. The molecule has 3 amide bonds. The largest absolute Gasteiger partial charge is 0.351 e. The zero-order valence-electron chi connectivity index (χ0n) is 19.3. The lowest BCUT2D eigenvalue weighted by molar-refractivity contribution is -0.145. The van der Waals surface area contributed by atoms with Gasteiger partial charge in [-0.05, 0) is 54.7 Å². The molecule has 1 aliphatic heterocycles. The summed E-state index contributed by atoms with van der Waals surface area (Å²) in [6.07, 6.45) is 2.25. The number of hydrogen-bond acceptors (Lipinski definition) is 5. The molecule has 0 saturated carbocycles. The zero-order valence-corrected chi connectivity index (χ0v) is 20.1. The molecule has 0 atom stereocenters. The molecular weight excluding hydrogens is 456 g/mol. The van der Waals surface area contributed by atoms with E-state index in [2.05, 4.69) is 12.2 Å². The lowest BCUT2D eigenvalue weighted by atomic mass is 9.78. The van der Waals surface area contributed by atoms with Crippen molar-refractivity contribution in [2.24, 2.45) is 11.1 Å². The lowest BCUT2D eigenvalue weighted by Crippen LogP contribution is -2.53. The maximum atomic E-state index is 13.4. The molecule has 0 aliphatic carbocycles. The van der Waals surface area contributed by atoms with Crippen LogP contribution in [0.5, 0.6) is 0 Å². The smallest absolute Gasteiger partial charge is 0.238 e. The Bertz CT molecular complexity index is 991. The number of hydroxylamine groups is 1. The van der Waals surface area contributed by atoms with E-state index >= 15 is 0 Å². The van der Waals surface area contributed by atoms with Gasteiger partial charge in [-0.25, -0.2) is 0 Å². The van der Waals surface area contributed by atoms with E-state index in [1.807, 2.05) is 36.4 Å². The summed E-state index contributed by atoms with van der Waals surface area (Å²) < 4.78 is 0. The minimum absolute atomic E-state index is 0.00664. The fourth-order valence-electron chi connectivity index (χ4n) is 4.00. The molecule has 9 heteroatoms. The second-order valence-electron chi connectivity index (χ2n) is 8.40. The number of aryl methyl sites for hydroxylation is 1. The lowest BCUT2D eigenvalue weighted by Gasteiger charge is -2.40.